The fraction of sp³-hybridized carbons (Fsp3) is 0.818. The summed E-state index contributed by atoms with van der Waals surface area (Å²) in [5, 5.41) is 11.5. The summed E-state index contributed by atoms with van der Waals surface area (Å²) in [5.74, 6) is -1.03. The molecule has 98 valence electrons. The maximum Gasteiger partial charge on any atom is 0.328 e. The van der Waals surface area contributed by atoms with Crippen LogP contribution in [-0.4, -0.2) is 65.7 Å². The zero-order valence-electron chi connectivity index (χ0n) is 10.9. The predicted molar refractivity (Wildman–Crippen MR) is 63.9 cm³/mol. The molecule has 6 heteroatoms. The molecule has 0 aromatic rings. The number of urea groups is 1. The average Bonchev–Trinajstić information content (AvgIpc) is 2.65. The summed E-state index contributed by atoms with van der Waals surface area (Å²) in [4.78, 5) is 26.5. The molecule has 1 aliphatic rings. The van der Waals surface area contributed by atoms with Crippen molar-refractivity contribution >= 4 is 12.0 Å². The van der Waals surface area contributed by atoms with E-state index in [1.54, 1.807) is 4.90 Å². The van der Waals surface area contributed by atoms with E-state index < -0.39 is 11.5 Å². The van der Waals surface area contributed by atoms with Crippen molar-refractivity contribution in [2.45, 2.75) is 31.8 Å². The van der Waals surface area contributed by atoms with Crippen LogP contribution in [0.3, 0.4) is 0 Å². The minimum Gasteiger partial charge on any atom is -0.480 e. The quantitative estimate of drug-likeness (QED) is 0.742. The topological polar surface area (TPSA) is 72.9 Å². The number of hydrogen-bond acceptors (Lipinski definition) is 3. The highest BCUT2D eigenvalue weighted by atomic mass is 16.4. The van der Waals surface area contributed by atoms with Gasteiger partial charge in [0.2, 0.25) is 0 Å². The number of nitrogens with one attached hydrogen (secondary N) is 1. The molecule has 0 aromatic heterocycles. The first-order chi connectivity index (χ1) is 7.74. The van der Waals surface area contributed by atoms with E-state index in [0.717, 1.165) is 6.42 Å². The van der Waals surface area contributed by atoms with E-state index in [4.69, 9.17) is 5.11 Å². The van der Waals surface area contributed by atoms with Crippen molar-refractivity contribution in [2.75, 3.05) is 27.2 Å². The minimum absolute atomic E-state index is 0.304. The Bertz CT molecular complexity index is 315. The number of amides is 2. The lowest BCUT2D eigenvalue weighted by atomic mass is 10.1. The van der Waals surface area contributed by atoms with E-state index in [-0.39, 0.29) is 6.03 Å². The van der Waals surface area contributed by atoms with Crippen molar-refractivity contribution in [1.82, 2.24) is 15.1 Å². The second-order valence-electron chi connectivity index (χ2n) is 5.21. The molecule has 1 fully saturated rings. The van der Waals surface area contributed by atoms with E-state index in [2.05, 4.69) is 10.2 Å². The van der Waals surface area contributed by atoms with Crippen molar-refractivity contribution in [3.05, 3.63) is 0 Å². The number of nitrogens with zero attached hydrogens (tertiary/aromatic N) is 2. The molecule has 6 nitrogen and oxygen atoms in total. The number of carboxylic acid groups (broad SMARTS) is 1. The Morgan fingerprint density at radius 3 is 2.41 bits per heavy atom. The van der Waals surface area contributed by atoms with Crippen molar-refractivity contribution in [2.24, 2.45) is 0 Å². The van der Waals surface area contributed by atoms with E-state index >= 15 is 0 Å². The Kier molecular flexibility index (Phi) is 3.98. The van der Waals surface area contributed by atoms with Gasteiger partial charge in [0.25, 0.3) is 0 Å². The third kappa shape index (κ3) is 3.33. The first-order valence-corrected chi connectivity index (χ1v) is 5.71. The van der Waals surface area contributed by atoms with Gasteiger partial charge in [0.1, 0.15) is 5.54 Å². The van der Waals surface area contributed by atoms with E-state index in [9.17, 15) is 9.59 Å². The Labute approximate surface area is 102 Å². The highest BCUT2D eigenvalue weighted by molar-refractivity contribution is 5.85. The fourth-order valence-corrected chi connectivity index (χ4v) is 1.75. The lowest BCUT2D eigenvalue weighted by Gasteiger charge is -2.26. The second-order valence-corrected chi connectivity index (χ2v) is 5.21. The number of carbonyl (C=O) groups excluding carboxylic acids is 1. The largest absolute Gasteiger partial charge is 0.480 e. The molecule has 0 aromatic carbocycles. The highest BCUT2D eigenvalue weighted by Crippen LogP contribution is 2.14. The summed E-state index contributed by atoms with van der Waals surface area (Å²) in [7, 11) is 3.96. The first kappa shape index (κ1) is 13.8. The summed E-state index contributed by atoms with van der Waals surface area (Å²) in [6.07, 6.45) is 0.925. The second kappa shape index (κ2) is 4.91. The molecule has 17 heavy (non-hydrogen) atoms. The number of rotatable bonds is 3. The van der Waals surface area contributed by atoms with Crippen LogP contribution in [-0.2, 0) is 4.79 Å². The summed E-state index contributed by atoms with van der Waals surface area (Å²) in [6, 6.07) is 0.0513. The van der Waals surface area contributed by atoms with Gasteiger partial charge in [0.15, 0.2) is 0 Å². The predicted octanol–water partition coefficient (Wildman–Crippen LogP) is 0.195. The zero-order valence-corrected chi connectivity index (χ0v) is 10.9. The Morgan fingerprint density at radius 2 is 2.00 bits per heavy atom. The molecule has 2 N–H and O–H groups in total. The molecular weight excluding hydrogens is 222 g/mol. The summed E-state index contributed by atoms with van der Waals surface area (Å²) < 4.78 is 0. The minimum atomic E-state index is -1.23. The molecule has 0 bridgehead atoms. The maximum atomic E-state index is 11.9. The van der Waals surface area contributed by atoms with Gasteiger partial charge < -0.3 is 20.2 Å². The van der Waals surface area contributed by atoms with Crippen molar-refractivity contribution in [1.29, 1.82) is 0 Å². The maximum absolute atomic E-state index is 11.9. The monoisotopic (exact) mass is 243 g/mol. The first-order valence-electron chi connectivity index (χ1n) is 5.71. The van der Waals surface area contributed by atoms with Crippen LogP contribution >= 0.6 is 0 Å². The molecule has 1 unspecified atom stereocenters. The highest BCUT2D eigenvalue weighted by Gasteiger charge is 2.33. The van der Waals surface area contributed by atoms with Gasteiger partial charge in [0, 0.05) is 19.1 Å². The lowest BCUT2D eigenvalue weighted by molar-refractivity contribution is -0.143. The summed E-state index contributed by atoms with van der Waals surface area (Å²) >= 11 is 0. The smallest absolute Gasteiger partial charge is 0.328 e. The molecule has 0 saturated carbocycles. The molecule has 0 radical (unpaired) electrons. The standard InChI is InChI=1S/C11H21N3O3/c1-11(2,9(15)16)12-10(17)14-6-5-8(7-14)13(3)4/h8H,5-7H2,1-4H3,(H,12,17)(H,15,16). The third-order valence-corrected chi connectivity index (χ3v) is 3.13. The van der Waals surface area contributed by atoms with Gasteiger partial charge in [-0.3, -0.25) is 0 Å². The van der Waals surface area contributed by atoms with Crippen LogP contribution in [0.5, 0.6) is 0 Å². The molecule has 1 rings (SSSR count). The van der Waals surface area contributed by atoms with Crippen LogP contribution in [0.4, 0.5) is 4.79 Å². The van der Waals surface area contributed by atoms with Crippen LogP contribution < -0.4 is 5.32 Å². The number of likely N-dealkylation sites (N-methyl/N-ethyl adjacent to an activating group) is 1. The fourth-order valence-electron chi connectivity index (χ4n) is 1.75. The van der Waals surface area contributed by atoms with E-state index in [0.29, 0.717) is 19.1 Å². The SMILES string of the molecule is CN(C)C1CCN(C(=O)NC(C)(C)C(=O)O)C1. The van der Waals surface area contributed by atoms with Crippen LogP contribution in [0, 0.1) is 0 Å². The summed E-state index contributed by atoms with van der Waals surface area (Å²) in [6.45, 7) is 4.28. The molecule has 1 aliphatic heterocycles. The van der Waals surface area contributed by atoms with Crippen molar-refractivity contribution in [3.8, 4) is 0 Å². The van der Waals surface area contributed by atoms with Gasteiger partial charge in [-0.2, -0.15) is 0 Å². The van der Waals surface area contributed by atoms with Crippen LogP contribution in [0.15, 0.2) is 0 Å². The van der Waals surface area contributed by atoms with Gasteiger partial charge in [0.05, 0.1) is 0 Å². The van der Waals surface area contributed by atoms with Gasteiger partial charge in [-0.15, -0.1) is 0 Å². The van der Waals surface area contributed by atoms with Crippen LogP contribution in [0.1, 0.15) is 20.3 Å². The van der Waals surface area contributed by atoms with Gasteiger partial charge in [-0.05, 0) is 34.4 Å². The average molecular weight is 243 g/mol. The molecule has 1 atom stereocenters. The zero-order chi connectivity index (χ0) is 13.2. The lowest BCUT2D eigenvalue weighted by Crippen LogP contribution is -2.54. The van der Waals surface area contributed by atoms with Gasteiger partial charge >= 0.3 is 12.0 Å². The number of carboxylic acids is 1. The van der Waals surface area contributed by atoms with E-state index in [1.165, 1.54) is 13.8 Å². The molecule has 0 spiro atoms. The molecule has 2 amide bonds. The van der Waals surface area contributed by atoms with Crippen LogP contribution in [0.2, 0.25) is 0 Å². The van der Waals surface area contributed by atoms with Gasteiger partial charge in [-0.25, -0.2) is 9.59 Å². The molecule has 0 aliphatic carbocycles. The van der Waals surface area contributed by atoms with E-state index in [1.807, 2.05) is 14.1 Å². The van der Waals surface area contributed by atoms with Crippen LogP contribution in [0.25, 0.3) is 0 Å². The molecule has 1 heterocycles. The normalized spacial score (nSPS) is 20.8. The summed E-state index contributed by atoms with van der Waals surface area (Å²) in [5.41, 5.74) is -1.23. The Hall–Kier alpha value is -1.30. The number of aliphatic carboxylic acids is 1. The Morgan fingerprint density at radius 1 is 1.41 bits per heavy atom. The van der Waals surface area contributed by atoms with Crippen molar-refractivity contribution < 1.29 is 14.7 Å². The number of carbonyl (C=O) groups is 2. The Balaban J connectivity index is 2.53. The molecule has 1 saturated heterocycles. The van der Waals surface area contributed by atoms with Crippen molar-refractivity contribution in [3.63, 3.8) is 0 Å². The molecular formula is C11H21N3O3. The number of hydrogen-bond donors (Lipinski definition) is 2. The number of likely N-dealkylation sites (tertiary alicyclic amines) is 1. The third-order valence-electron chi connectivity index (χ3n) is 3.13. The van der Waals surface area contributed by atoms with Gasteiger partial charge in [-0.1, -0.05) is 0 Å².